The fourth-order valence-corrected chi connectivity index (χ4v) is 1.20. The lowest BCUT2D eigenvalue weighted by Gasteiger charge is -1.87. The molecule has 0 saturated carbocycles. The topological polar surface area (TPSA) is 53.8 Å². The third-order valence-corrected chi connectivity index (χ3v) is 1.63. The lowest BCUT2D eigenvalue weighted by Crippen LogP contribution is -2.02. The van der Waals surface area contributed by atoms with Gasteiger partial charge in [-0.25, -0.2) is 0 Å². The van der Waals surface area contributed by atoms with E-state index in [1.807, 2.05) is 6.07 Å². The van der Waals surface area contributed by atoms with Crippen LogP contribution in [-0.2, 0) is 13.1 Å². The summed E-state index contributed by atoms with van der Waals surface area (Å²) in [6, 6.07) is 1.98. The Balaban J connectivity index is 2.51. The molecule has 0 atom stereocenters. The van der Waals surface area contributed by atoms with Crippen molar-refractivity contribution >= 4 is 5.82 Å². The third-order valence-electron chi connectivity index (χ3n) is 1.63. The Kier molecular flexibility index (Phi) is 0.818. The average Bonchev–Trinajstić information content (AvgIpc) is 2.22. The molecule has 3 nitrogen and oxygen atoms in total. The molecular weight excluding hydrogens is 114 g/mol. The first-order chi connectivity index (χ1) is 4.36. The molecule has 2 rings (SSSR count). The zero-order chi connectivity index (χ0) is 6.27. The van der Waals surface area contributed by atoms with Gasteiger partial charge < -0.3 is 16.0 Å². The molecule has 1 aromatic rings. The quantitative estimate of drug-likeness (QED) is 0.461. The Labute approximate surface area is 53.3 Å². The van der Waals surface area contributed by atoms with E-state index in [1.165, 1.54) is 11.3 Å². The van der Waals surface area contributed by atoms with Gasteiger partial charge in [0.2, 0.25) is 0 Å². The molecule has 0 amide bonds. The Morgan fingerprint density at radius 1 is 1.44 bits per heavy atom. The van der Waals surface area contributed by atoms with Crippen LogP contribution in [0.25, 0.3) is 0 Å². The largest absolute Gasteiger partial charge is 0.385 e. The molecule has 3 heteroatoms. The van der Waals surface area contributed by atoms with Crippen LogP contribution in [0.3, 0.4) is 0 Å². The van der Waals surface area contributed by atoms with Crippen LogP contribution < -0.4 is 11.1 Å². The number of aromatic amines is 1. The zero-order valence-electron chi connectivity index (χ0n) is 5.07. The van der Waals surface area contributed by atoms with Crippen molar-refractivity contribution in [3.8, 4) is 0 Å². The van der Waals surface area contributed by atoms with E-state index in [0.29, 0.717) is 0 Å². The number of H-pyrrole nitrogens is 1. The van der Waals surface area contributed by atoms with Gasteiger partial charge in [-0.3, -0.25) is 0 Å². The molecule has 4 N–H and O–H groups in total. The number of nitrogens with two attached hydrogens (primary N) is 1. The van der Waals surface area contributed by atoms with Gasteiger partial charge in [-0.1, -0.05) is 0 Å². The minimum atomic E-state index is 0.779. The molecule has 0 aliphatic carbocycles. The van der Waals surface area contributed by atoms with Crippen LogP contribution in [0.15, 0.2) is 6.07 Å². The number of anilines is 1. The fourth-order valence-electron chi connectivity index (χ4n) is 1.20. The number of rotatable bonds is 0. The minimum absolute atomic E-state index is 0.779. The van der Waals surface area contributed by atoms with Crippen LogP contribution in [0, 0.1) is 0 Å². The SMILES string of the molecule is Nc1cc2c([nH]1)CNC2. The van der Waals surface area contributed by atoms with Crippen molar-refractivity contribution in [3.05, 3.63) is 17.3 Å². The van der Waals surface area contributed by atoms with Gasteiger partial charge in [0.05, 0.1) is 0 Å². The first-order valence-corrected chi connectivity index (χ1v) is 3.03. The van der Waals surface area contributed by atoms with Crippen molar-refractivity contribution in [1.82, 2.24) is 10.3 Å². The first-order valence-electron chi connectivity index (χ1n) is 3.03. The molecule has 2 heterocycles. The molecular formula is C6H9N3. The van der Waals surface area contributed by atoms with Gasteiger partial charge in [0.15, 0.2) is 0 Å². The van der Waals surface area contributed by atoms with E-state index in [9.17, 15) is 0 Å². The molecule has 0 fully saturated rings. The highest BCUT2D eigenvalue weighted by atomic mass is 15.0. The van der Waals surface area contributed by atoms with Crippen LogP contribution in [0.1, 0.15) is 11.3 Å². The van der Waals surface area contributed by atoms with Gasteiger partial charge in [-0.15, -0.1) is 0 Å². The predicted octanol–water partition coefficient (Wildman–Crippen LogP) is 0.200. The highest BCUT2D eigenvalue weighted by Crippen LogP contribution is 2.16. The summed E-state index contributed by atoms with van der Waals surface area (Å²) in [7, 11) is 0. The third kappa shape index (κ3) is 0.616. The second-order valence-corrected chi connectivity index (χ2v) is 2.33. The molecule has 1 aliphatic heterocycles. The zero-order valence-corrected chi connectivity index (χ0v) is 5.07. The van der Waals surface area contributed by atoms with Crippen LogP contribution in [-0.4, -0.2) is 4.98 Å². The highest BCUT2D eigenvalue weighted by molar-refractivity contribution is 5.40. The van der Waals surface area contributed by atoms with Gasteiger partial charge >= 0.3 is 0 Å². The number of aromatic nitrogens is 1. The summed E-state index contributed by atoms with van der Waals surface area (Å²) in [5.41, 5.74) is 8.06. The molecule has 0 radical (unpaired) electrons. The summed E-state index contributed by atoms with van der Waals surface area (Å²) in [6.07, 6.45) is 0. The molecule has 0 bridgehead atoms. The minimum Gasteiger partial charge on any atom is -0.385 e. The fraction of sp³-hybridized carbons (Fsp3) is 0.333. The van der Waals surface area contributed by atoms with Crippen molar-refractivity contribution in [2.24, 2.45) is 0 Å². The Hall–Kier alpha value is -0.960. The normalized spacial score (nSPS) is 16.0. The van der Waals surface area contributed by atoms with Gasteiger partial charge in [-0.2, -0.15) is 0 Å². The molecule has 0 spiro atoms. The van der Waals surface area contributed by atoms with Crippen molar-refractivity contribution in [3.63, 3.8) is 0 Å². The smallest absolute Gasteiger partial charge is 0.101 e. The molecule has 1 aliphatic rings. The van der Waals surface area contributed by atoms with E-state index in [-0.39, 0.29) is 0 Å². The highest BCUT2D eigenvalue weighted by Gasteiger charge is 2.11. The maximum absolute atomic E-state index is 5.51. The maximum Gasteiger partial charge on any atom is 0.101 e. The van der Waals surface area contributed by atoms with Gasteiger partial charge in [-0.05, 0) is 11.6 Å². The Morgan fingerprint density at radius 3 is 3.11 bits per heavy atom. The van der Waals surface area contributed by atoms with E-state index in [2.05, 4.69) is 10.3 Å². The van der Waals surface area contributed by atoms with E-state index >= 15 is 0 Å². The molecule has 0 unspecified atom stereocenters. The van der Waals surface area contributed by atoms with Crippen molar-refractivity contribution in [1.29, 1.82) is 0 Å². The second-order valence-electron chi connectivity index (χ2n) is 2.33. The van der Waals surface area contributed by atoms with Crippen LogP contribution in [0.2, 0.25) is 0 Å². The number of nitrogen functional groups attached to an aromatic ring is 1. The molecule has 0 aromatic carbocycles. The molecule has 48 valence electrons. The predicted molar refractivity (Wildman–Crippen MR) is 35.7 cm³/mol. The van der Waals surface area contributed by atoms with E-state index < -0.39 is 0 Å². The Bertz CT molecular complexity index is 205. The summed E-state index contributed by atoms with van der Waals surface area (Å²) in [4.78, 5) is 3.07. The van der Waals surface area contributed by atoms with Crippen LogP contribution in [0.5, 0.6) is 0 Å². The Morgan fingerprint density at radius 2 is 2.33 bits per heavy atom. The number of hydrogen-bond acceptors (Lipinski definition) is 2. The summed E-state index contributed by atoms with van der Waals surface area (Å²) in [5, 5.41) is 3.21. The lowest BCUT2D eigenvalue weighted by atomic mass is 10.3. The van der Waals surface area contributed by atoms with Crippen LogP contribution >= 0.6 is 0 Å². The van der Waals surface area contributed by atoms with E-state index in [0.717, 1.165) is 18.9 Å². The molecule has 1 aromatic heterocycles. The standard InChI is InChI=1S/C6H9N3/c7-6-1-4-2-8-3-5(4)9-6/h1,8-9H,2-3,7H2. The first kappa shape index (κ1) is 4.88. The number of fused-ring (bicyclic) bond motifs is 1. The number of hydrogen-bond donors (Lipinski definition) is 3. The van der Waals surface area contributed by atoms with Gasteiger partial charge in [0, 0.05) is 18.8 Å². The van der Waals surface area contributed by atoms with Crippen molar-refractivity contribution in [2.75, 3.05) is 5.73 Å². The molecule has 9 heavy (non-hydrogen) atoms. The monoisotopic (exact) mass is 123 g/mol. The summed E-state index contributed by atoms with van der Waals surface area (Å²) < 4.78 is 0. The average molecular weight is 123 g/mol. The van der Waals surface area contributed by atoms with Gasteiger partial charge in [0.1, 0.15) is 5.82 Å². The molecule has 0 saturated heterocycles. The van der Waals surface area contributed by atoms with Gasteiger partial charge in [0.25, 0.3) is 0 Å². The van der Waals surface area contributed by atoms with Crippen molar-refractivity contribution in [2.45, 2.75) is 13.1 Å². The number of nitrogens with one attached hydrogen (secondary N) is 2. The summed E-state index contributed by atoms with van der Waals surface area (Å²) in [6.45, 7) is 1.90. The van der Waals surface area contributed by atoms with E-state index in [1.54, 1.807) is 0 Å². The summed E-state index contributed by atoms with van der Waals surface area (Å²) in [5.74, 6) is 0.779. The second kappa shape index (κ2) is 1.51. The van der Waals surface area contributed by atoms with Crippen LogP contribution in [0.4, 0.5) is 5.82 Å². The van der Waals surface area contributed by atoms with E-state index in [4.69, 9.17) is 5.73 Å². The lowest BCUT2D eigenvalue weighted by molar-refractivity contribution is 0.754. The summed E-state index contributed by atoms with van der Waals surface area (Å²) >= 11 is 0. The van der Waals surface area contributed by atoms with Crippen molar-refractivity contribution < 1.29 is 0 Å². The maximum atomic E-state index is 5.51.